The molecular formula is C28H26N2O5. The normalized spacial score (nSPS) is 15.9. The summed E-state index contributed by atoms with van der Waals surface area (Å²) in [7, 11) is 1.62. The second-order valence-electron chi connectivity index (χ2n) is 8.54. The van der Waals surface area contributed by atoms with E-state index in [1.807, 2.05) is 48.7 Å². The Bertz CT molecular complexity index is 1410. The minimum Gasteiger partial charge on any atom is -0.503 e. The molecule has 1 amide bonds. The molecule has 0 spiro atoms. The molecule has 0 saturated carbocycles. The number of benzene rings is 2. The third-order valence-corrected chi connectivity index (χ3v) is 6.59. The molecule has 2 aromatic carbocycles. The molecule has 0 radical (unpaired) electrons. The Hall–Kier alpha value is -4.26. The van der Waals surface area contributed by atoms with Crippen LogP contribution in [-0.2, 0) is 17.6 Å². The van der Waals surface area contributed by atoms with Gasteiger partial charge in [0.15, 0.2) is 11.5 Å². The number of hydrogen-bond donors (Lipinski definition) is 2. The predicted molar refractivity (Wildman–Crippen MR) is 132 cm³/mol. The number of rotatable bonds is 8. The van der Waals surface area contributed by atoms with Crippen molar-refractivity contribution in [3.8, 4) is 5.75 Å². The Kier molecular flexibility index (Phi) is 5.91. The number of aliphatic hydroxyl groups excluding tert-OH is 1. The third-order valence-electron chi connectivity index (χ3n) is 6.59. The maximum absolute atomic E-state index is 13.3. The minimum absolute atomic E-state index is 0.0368. The predicted octanol–water partition coefficient (Wildman–Crippen LogP) is 5.15. The van der Waals surface area contributed by atoms with Gasteiger partial charge in [-0.05, 0) is 59.9 Å². The van der Waals surface area contributed by atoms with Crippen molar-refractivity contribution >= 4 is 22.6 Å². The van der Waals surface area contributed by atoms with Gasteiger partial charge in [-0.3, -0.25) is 9.59 Å². The third kappa shape index (κ3) is 3.99. The number of furan rings is 1. The number of carbonyl (C=O) groups is 2. The van der Waals surface area contributed by atoms with E-state index in [0.29, 0.717) is 13.0 Å². The number of carbonyl (C=O) groups excluding carboxylic acids is 2. The Morgan fingerprint density at radius 2 is 1.97 bits per heavy atom. The fourth-order valence-electron chi connectivity index (χ4n) is 4.67. The number of amides is 1. The van der Waals surface area contributed by atoms with Gasteiger partial charge in [0.05, 0.1) is 25.0 Å². The standard InChI is InChI=1S/C28H26N2O5/c1-3-17-6-8-18(9-7-17)25-24(26(31)23-5-4-14-35-23)27(32)28(33)30(25)13-12-19-16-29-22-11-10-20(34-2)15-21(19)22/h4-11,14-16,25,29,32H,3,12-13H2,1-2H3/t25-/m1/s1. The number of hydrogen-bond acceptors (Lipinski definition) is 5. The molecular weight excluding hydrogens is 444 g/mol. The van der Waals surface area contributed by atoms with Crippen molar-refractivity contribution in [2.75, 3.05) is 13.7 Å². The van der Waals surface area contributed by atoms with Crippen LogP contribution in [0.3, 0.4) is 0 Å². The van der Waals surface area contributed by atoms with Gasteiger partial charge in [0.25, 0.3) is 5.91 Å². The molecule has 1 aliphatic rings. The Labute approximate surface area is 202 Å². The topological polar surface area (TPSA) is 95.8 Å². The van der Waals surface area contributed by atoms with Gasteiger partial charge in [-0.15, -0.1) is 0 Å². The molecule has 2 N–H and O–H groups in total. The van der Waals surface area contributed by atoms with E-state index in [-0.39, 0.29) is 11.3 Å². The van der Waals surface area contributed by atoms with Gasteiger partial charge in [-0.2, -0.15) is 0 Å². The number of ether oxygens (including phenoxy) is 1. The van der Waals surface area contributed by atoms with Crippen LogP contribution in [0.15, 0.2) is 82.8 Å². The zero-order valence-corrected chi connectivity index (χ0v) is 19.6. The zero-order valence-electron chi connectivity index (χ0n) is 19.6. The largest absolute Gasteiger partial charge is 0.503 e. The molecule has 1 atom stereocenters. The van der Waals surface area contributed by atoms with Crippen molar-refractivity contribution < 1.29 is 23.8 Å². The second-order valence-corrected chi connectivity index (χ2v) is 8.54. The lowest BCUT2D eigenvalue weighted by molar-refractivity contribution is -0.129. The van der Waals surface area contributed by atoms with Gasteiger partial charge in [-0.25, -0.2) is 0 Å². The summed E-state index contributed by atoms with van der Waals surface area (Å²) in [6.45, 7) is 2.37. The van der Waals surface area contributed by atoms with E-state index >= 15 is 0 Å². The van der Waals surface area contributed by atoms with E-state index in [1.165, 1.54) is 12.3 Å². The summed E-state index contributed by atoms with van der Waals surface area (Å²) in [5.74, 6) is -0.765. The van der Waals surface area contributed by atoms with Crippen LogP contribution < -0.4 is 4.74 Å². The van der Waals surface area contributed by atoms with E-state index < -0.39 is 23.5 Å². The van der Waals surface area contributed by atoms with Crippen molar-refractivity contribution in [2.24, 2.45) is 0 Å². The fourth-order valence-corrected chi connectivity index (χ4v) is 4.67. The molecule has 7 nitrogen and oxygen atoms in total. The maximum atomic E-state index is 13.3. The Morgan fingerprint density at radius 1 is 1.17 bits per heavy atom. The highest BCUT2D eigenvalue weighted by atomic mass is 16.5. The summed E-state index contributed by atoms with van der Waals surface area (Å²) in [6.07, 6.45) is 4.71. The van der Waals surface area contributed by atoms with Gasteiger partial charge in [-0.1, -0.05) is 31.2 Å². The summed E-state index contributed by atoms with van der Waals surface area (Å²) in [5.41, 5.74) is 3.92. The SMILES string of the molecule is CCc1ccc([C@@H]2C(C(=O)c3ccco3)=C(O)C(=O)N2CCc2c[nH]c3ccc(OC)cc23)cc1. The van der Waals surface area contributed by atoms with E-state index in [4.69, 9.17) is 9.15 Å². The lowest BCUT2D eigenvalue weighted by atomic mass is 9.94. The van der Waals surface area contributed by atoms with E-state index in [0.717, 1.165) is 39.8 Å². The Balaban J connectivity index is 1.50. The highest BCUT2D eigenvalue weighted by Crippen LogP contribution is 2.39. The number of nitrogens with one attached hydrogen (secondary N) is 1. The summed E-state index contributed by atoms with van der Waals surface area (Å²) in [4.78, 5) is 31.3. The molecule has 2 aromatic heterocycles. The number of nitrogens with zero attached hydrogens (tertiary/aromatic N) is 1. The molecule has 0 bridgehead atoms. The quantitative estimate of drug-likeness (QED) is 0.347. The maximum Gasteiger partial charge on any atom is 0.290 e. The van der Waals surface area contributed by atoms with Crippen LogP contribution in [0.5, 0.6) is 5.75 Å². The number of aryl methyl sites for hydroxylation is 1. The summed E-state index contributed by atoms with van der Waals surface area (Å²) in [6, 6.07) is 16.0. The summed E-state index contributed by atoms with van der Waals surface area (Å²) in [5, 5.41) is 11.8. The first-order chi connectivity index (χ1) is 17.0. The van der Waals surface area contributed by atoms with Crippen LogP contribution in [0.4, 0.5) is 0 Å². The van der Waals surface area contributed by atoms with Gasteiger partial charge in [0.2, 0.25) is 5.78 Å². The minimum atomic E-state index is -0.717. The van der Waals surface area contributed by atoms with Crippen LogP contribution in [0.2, 0.25) is 0 Å². The molecule has 0 unspecified atom stereocenters. The molecule has 5 rings (SSSR count). The summed E-state index contributed by atoms with van der Waals surface area (Å²) >= 11 is 0. The average Bonchev–Trinajstić information content (AvgIpc) is 3.62. The lowest BCUT2D eigenvalue weighted by Gasteiger charge is -2.27. The van der Waals surface area contributed by atoms with Crippen LogP contribution in [0.1, 0.15) is 40.2 Å². The molecule has 7 heteroatoms. The first-order valence-corrected chi connectivity index (χ1v) is 11.6. The highest BCUT2D eigenvalue weighted by Gasteiger charge is 2.44. The van der Waals surface area contributed by atoms with Crippen LogP contribution in [0, 0.1) is 0 Å². The molecule has 4 aromatic rings. The Morgan fingerprint density at radius 3 is 2.66 bits per heavy atom. The van der Waals surface area contributed by atoms with Crippen LogP contribution >= 0.6 is 0 Å². The number of methoxy groups -OCH3 is 1. The average molecular weight is 471 g/mol. The monoisotopic (exact) mass is 470 g/mol. The second kappa shape index (κ2) is 9.18. The van der Waals surface area contributed by atoms with Gasteiger partial charge in [0.1, 0.15) is 5.75 Å². The zero-order chi connectivity index (χ0) is 24.5. The molecule has 0 aliphatic carbocycles. The number of ketones is 1. The van der Waals surface area contributed by atoms with E-state index in [2.05, 4.69) is 11.9 Å². The van der Waals surface area contributed by atoms with Crippen molar-refractivity contribution in [3.63, 3.8) is 0 Å². The van der Waals surface area contributed by atoms with Gasteiger partial charge >= 0.3 is 0 Å². The molecule has 178 valence electrons. The number of Topliss-reactive ketones (excluding diaryl/α,β-unsaturated/α-hetero) is 1. The fraction of sp³-hybridized carbons (Fsp3) is 0.214. The molecule has 3 heterocycles. The smallest absolute Gasteiger partial charge is 0.290 e. The van der Waals surface area contributed by atoms with Crippen LogP contribution in [0.25, 0.3) is 10.9 Å². The van der Waals surface area contributed by atoms with E-state index in [1.54, 1.807) is 18.1 Å². The number of H-pyrrole nitrogens is 1. The molecule has 0 saturated heterocycles. The van der Waals surface area contributed by atoms with Crippen molar-refractivity contribution in [1.29, 1.82) is 0 Å². The first kappa shape index (κ1) is 22.5. The number of aliphatic hydroxyl groups is 1. The molecule has 0 fully saturated rings. The van der Waals surface area contributed by atoms with Gasteiger partial charge in [0, 0.05) is 23.6 Å². The highest BCUT2D eigenvalue weighted by molar-refractivity contribution is 6.15. The van der Waals surface area contributed by atoms with Crippen LogP contribution in [-0.4, -0.2) is 40.3 Å². The van der Waals surface area contributed by atoms with Crippen molar-refractivity contribution in [1.82, 2.24) is 9.88 Å². The van der Waals surface area contributed by atoms with Gasteiger partial charge < -0.3 is 24.1 Å². The van der Waals surface area contributed by atoms with Crippen molar-refractivity contribution in [2.45, 2.75) is 25.8 Å². The number of aromatic amines is 1. The molecule has 1 aliphatic heterocycles. The lowest BCUT2D eigenvalue weighted by Crippen LogP contribution is -2.33. The number of fused-ring (bicyclic) bond motifs is 1. The van der Waals surface area contributed by atoms with E-state index in [9.17, 15) is 14.7 Å². The number of aromatic nitrogens is 1. The van der Waals surface area contributed by atoms with Crippen molar-refractivity contribution in [3.05, 3.63) is 101 Å². The summed E-state index contributed by atoms with van der Waals surface area (Å²) < 4.78 is 10.7. The molecule has 35 heavy (non-hydrogen) atoms. The first-order valence-electron chi connectivity index (χ1n) is 11.6.